The SMILES string of the molecule is Cc1cc(C(=O)NC2CCC(NC(=O)c3cc(F)cnc3Oc3cccc(-c4cccc(C=O)c4Cl)c3)CC2)nn1C. The molecule has 1 fully saturated rings. The average molecular weight is 590 g/mol. The van der Waals surface area contributed by atoms with E-state index in [0.717, 1.165) is 18.0 Å². The first-order valence-electron chi connectivity index (χ1n) is 13.5. The molecule has 42 heavy (non-hydrogen) atoms. The first-order chi connectivity index (χ1) is 20.2. The molecular formula is C31H29ClFN5O4. The molecule has 1 aliphatic rings. The lowest BCUT2D eigenvalue weighted by Gasteiger charge is -2.29. The summed E-state index contributed by atoms with van der Waals surface area (Å²) in [7, 11) is 1.79. The molecule has 2 aromatic carbocycles. The Hall–Kier alpha value is -4.57. The van der Waals surface area contributed by atoms with Crippen LogP contribution in [-0.4, -0.2) is 44.9 Å². The van der Waals surface area contributed by atoms with Gasteiger partial charge in [0.2, 0.25) is 5.88 Å². The first-order valence-corrected chi connectivity index (χ1v) is 13.9. The van der Waals surface area contributed by atoms with E-state index < -0.39 is 11.7 Å². The summed E-state index contributed by atoms with van der Waals surface area (Å²) in [5, 5.41) is 10.5. The highest BCUT2D eigenvalue weighted by atomic mass is 35.5. The molecule has 9 nitrogen and oxygen atoms in total. The van der Waals surface area contributed by atoms with Crippen molar-refractivity contribution in [3.8, 4) is 22.8 Å². The molecule has 1 aliphatic carbocycles. The van der Waals surface area contributed by atoms with Gasteiger partial charge in [0, 0.05) is 36.0 Å². The maximum Gasteiger partial charge on any atom is 0.272 e. The van der Waals surface area contributed by atoms with E-state index in [1.807, 2.05) is 13.0 Å². The Kier molecular flexibility index (Phi) is 8.63. The molecule has 2 aromatic heterocycles. The number of hydrogen-bond donors (Lipinski definition) is 2. The van der Waals surface area contributed by atoms with E-state index >= 15 is 0 Å². The van der Waals surface area contributed by atoms with Crippen LogP contribution in [0.4, 0.5) is 4.39 Å². The Balaban J connectivity index is 1.24. The second kappa shape index (κ2) is 12.5. The number of pyridine rings is 1. The van der Waals surface area contributed by atoms with Crippen molar-refractivity contribution in [2.24, 2.45) is 7.05 Å². The van der Waals surface area contributed by atoms with Crippen molar-refractivity contribution in [1.29, 1.82) is 0 Å². The number of hydrogen-bond acceptors (Lipinski definition) is 6. The fraction of sp³-hybridized carbons (Fsp3) is 0.258. The zero-order valence-electron chi connectivity index (χ0n) is 23.1. The predicted molar refractivity (Wildman–Crippen MR) is 155 cm³/mol. The maximum absolute atomic E-state index is 14.2. The molecule has 0 unspecified atom stereocenters. The lowest BCUT2D eigenvalue weighted by Crippen LogP contribution is -2.44. The first kappa shape index (κ1) is 28.9. The highest BCUT2D eigenvalue weighted by molar-refractivity contribution is 6.35. The van der Waals surface area contributed by atoms with Crippen molar-refractivity contribution < 1.29 is 23.5 Å². The van der Waals surface area contributed by atoms with Crippen LogP contribution in [0, 0.1) is 12.7 Å². The zero-order chi connectivity index (χ0) is 29.8. The van der Waals surface area contributed by atoms with Gasteiger partial charge in [-0.25, -0.2) is 9.37 Å². The monoisotopic (exact) mass is 589 g/mol. The number of amides is 2. The van der Waals surface area contributed by atoms with Crippen molar-refractivity contribution >= 4 is 29.7 Å². The molecule has 11 heteroatoms. The molecule has 2 heterocycles. The predicted octanol–water partition coefficient (Wildman–Crippen LogP) is 5.66. The topological polar surface area (TPSA) is 115 Å². The minimum absolute atomic E-state index is 0.0318. The Morgan fingerprint density at radius 3 is 2.38 bits per heavy atom. The van der Waals surface area contributed by atoms with Crippen LogP contribution < -0.4 is 15.4 Å². The minimum atomic E-state index is -0.671. The molecule has 0 atom stereocenters. The van der Waals surface area contributed by atoms with E-state index in [-0.39, 0.29) is 29.4 Å². The fourth-order valence-electron chi connectivity index (χ4n) is 4.95. The van der Waals surface area contributed by atoms with Crippen LogP contribution in [0.25, 0.3) is 11.1 Å². The van der Waals surface area contributed by atoms with Gasteiger partial charge in [0.1, 0.15) is 22.8 Å². The van der Waals surface area contributed by atoms with Crippen LogP contribution in [0.5, 0.6) is 11.6 Å². The van der Waals surface area contributed by atoms with Crippen LogP contribution >= 0.6 is 11.6 Å². The molecule has 5 rings (SSSR count). The molecule has 2 amide bonds. The van der Waals surface area contributed by atoms with Gasteiger partial charge < -0.3 is 15.4 Å². The zero-order valence-corrected chi connectivity index (χ0v) is 23.8. The van der Waals surface area contributed by atoms with E-state index in [0.29, 0.717) is 65.1 Å². The van der Waals surface area contributed by atoms with Crippen LogP contribution in [-0.2, 0) is 7.05 Å². The summed E-state index contributed by atoms with van der Waals surface area (Å²) in [6.07, 6.45) is 4.29. The third-order valence-corrected chi connectivity index (χ3v) is 7.74. The number of benzene rings is 2. The standard InChI is InChI=1S/C31H29ClFN5O4/c1-18-13-27(37-38(18)2)30(41)36-23-11-9-22(10-12-23)35-29(40)26-15-21(33)16-34-31(26)42-24-7-3-5-19(14-24)25-8-4-6-20(17-39)28(25)32/h3-8,13-17,22-23H,9-12H2,1-2H3,(H,35,40)(H,36,41). The van der Waals surface area contributed by atoms with Crippen LogP contribution in [0.1, 0.15) is 62.6 Å². The van der Waals surface area contributed by atoms with Crippen molar-refractivity contribution in [3.05, 3.63) is 94.1 Å². The molecule has 4 aromatic rings. The van der Waals surface area contributed by atoms with Crippen LogP contribution in [0.3, 0.4) is 0 Å². The molecule has 1 saturated carbocycles. The van der Waals surface area contributed by atoms with Gasteiger partial charge in [0.05, 0.1) is 11.2 Å². The summed E-state index contributed by atoms with van der Waals surface area (Å²) >= 11 is 6.40. The third kappa shape index (κ3) is 6.49. The second-order valence-electron chi connectivity index (χ2n) is 10.3. The summed E-state index contributed by atoms with van der Waals surface area (Å²) < 4.78 is 21.8. The summed E-state index contributed by atoms with van der Waals surface area (Å²) in [6.45, 7) is 1.88. The lowest BCUT2D eigenvalue weighted by molar-refractivity contribution is 0.0887. The summed E-state index contributed by atoms with van der Waals surface area (Å²) in [4.78, 5) is 41.1. The van der Waals surface area contributed by atoms with Crippen molar-refractivity contribution in [2.75, 3.05) is 0 Å². The molecule has 216 valence electrons. The van der Waals surface area contributed by atoms with Crippen LogP contribution in [0.15, 0.2) is 60.8 Å². The number of nitrogens with one attached hydrogen (secondary N) is 2. The van der Waals surface area contributed by atoms with Crippen molar-refractivity contribution in [2.45, 2.75) is 44.7 Å². The Bertz CT molecular complexity index is 1630. The van der Waals surface area contributed by atoms with Gasteiger partial charge in [0.25, 0.3) is 11.8 Å². The van der Waals surface area contributed by atoms with Gasteiger partial charge in [-0.05, 0) is 62.4 Å². The molecule has 0 saturated heterocycles. The summed E-state index contributed by atoms with van der Waals surface area (Å²) in [5.74, 6) is -1.10. The quantitative estimate of drug-likeness (QED) is 0.256. The highest BCUT2D eigenvalue weighted by Crippen LogP contribution is 2.33. The van der Waals surface area contributed by atoms with E-state index in [2.05, 4.69) is 20.7 Å². The second-order valence-corrected chi connectivity index (χ2v) is 10.6. The highest BCUT2D eigenvalue weighted by Gasteiger charge is 2.26. The Morgan fingerprint density at radius 1 is 1.02 bits per heavy atom. The third-order valence-electron chi connectivity index (χ3n) is 7.32. The van der Waals surface area contributed by atoms with E-state index in [9.17, 15) is 18.8 Å². The number of aromatic nitrogens is 3. The molecule has 0 spiro atoms. The number of carbonyl (C=O) groups is 3. The number of ether oxygens (including phenoxy) is 1. The molecule has 0 aliphatic heterocycles. The van der Waals surface area contributed by atoms with Gasteiger partial charge in [0.15, 0.2) is 6.29 Å². The molecular weight excluding hydrogens is 561 g/mol. The van der Waals surface area contributed by atoms with E-state index in [4.69, 9.17) is 16.3 Å². The number of carbonyl (C=O) groups excluding carboxylic acids is 3. The van der Waals surface area contributed by atoms with E-state index in [1.165, 1.54) is 0 Å². The summed E-state index contributed by atoms with van der Waals surface area (Å²) in [6, 6.07) is 14.7. The number of nitrogens with zero attached hydrogens (tertiary/aromatic N) is 3. The van der Waals surface area contributed by atoms with Crippen molar-refractivity contribution in [3.63, 3.8) is 0 Å². The number of aldehydes is 1. The van der Waals surface area contributed by atoms with Gasteiger partial charge >= 0.3 is 0 Å². The Morgan fingerprint density at radius 2 is 1.71 bits per heavy atom. The lowest BCUT2D eigenvalue weighted by atomic mass is 9.91. The molecule has 0 bridgehead atoms. The molecule has 2 N–H and O–H groups in total. The fourth-order valence-corrected chi connectivity index (χ4v) is 5.23. The normalized spacial score (nSPS) is 16.5. The Labute approximate surface area is 247 Å². The average Bonchev–Trinajstić information content (AvgIpc) is 3.33. The van der Waals surface area contributed by atoms with Crippen molar-refractivity contribution in [1.82, 2.24) is 25.4 Å². The maximum atomic E-state index is 14.2. The van der Waals surface area contributed by atoms with E-state index in [1.54, 1.807) is 54.2 Å². The van der Waals surface area contributed by atoms with Gasteiger partial charge in [-0.15, -0.1) is 0 Å². The number of aryl methyl sites for hydroxylation is 2. The van der Waals surface area contributed by atoms with Crippen LogP contribution in [0.2, 0.25) is 5.02 Å². The smallest absolute Gasteiger partial charge is 0.272 e. The largest absolute Gasteiger partial charge is 0.438 e. The molecule has 0 radical (unpaired) electrons. The van der Waals surface area contributed by atoms with Gasteiger partial charge in [-0.2, -0.15) is 5.10 Å². The number of rotatable bonds is 8. The summed E-state index contributed by atoms with van der Waals surface area (Å²) in [5.41, 5.74) is 2.92. The minimum Gasteiger partial charge on any atom is -0.438 e. The van der Waals surface area contributed by atoms with Gasteiger partial charge in [-0.3, -0.25) is 19.1 Å². The number of halogens is 2. The van der Waals surface area contributed by atoms with Gasteiger partial charge in [-0.1, -0.05) is 41.9 Å².